The zero-order chi connectivity index (χ0) is 20.2. The summed E-state index contributed by atoms with van der Waals surface area (Å²) >= 11 is -0.913. The van der Waals surface area contributed by atoms with Gasteiger partial charge in [-0.05, 0) is 0 Å². The van der Waals surface area contributed by atoms with Crippen LogP contribution in [0.5, 0.6) is 0 Å². The van der Waals surface area contributed by atoms with Crippen molar-refractivity contribution >= 4 is 41.0 Å². The minimum Gasteiger partial charge on any atom is -0.147 e. The van der Waals surface area contributed by atoms with Gasteiger partial charge in [-0.2, -0.15) is 0 Å². The topological polar surface area (TPSA) is 0 Å². The van der Waals surface area contributed by atoms with Gasteiger partial charge in [0, 0.05) is 0 Å². The van der Waals surface area contributed by atoms with Crippen molar-refractivity contribution in [1.82, 2.24) is 0 Å². The molecule has 0 heterocycles. The van der Waals surface area contributed by atoms with E-state index in [9.17, 15) is 0 Å². The third-order valence-corrected chi connectivity index (χ3v) is 13.9. The molecule has 0 aliphatic heterocycles. The van der Waals surface area contributed by atoms with Gasteiger partial charge in [0.05, 0.1) is 0 Å². The Kier molecular flexibility index (Phi) is 12.5. The smallest absolute Gasteiger partial charge is 0.147 e. The predicted octanol–water partition coefficient (Wildman–Crippen LogP) is 8.91. The maximum absolute atomic E-state index is 4.41. The van der Waals surface area contributed by atoms with Crippen LogP contribution in [-0.4, -0.2) is 16.1 Å². The molecule has 0 bridgehead atoms. The average Bonchev–Trinajstić information content (AvgIpc) is 3.06. The van der Waals surface area contributed by atoms with Crippen LogP contribution in [0.15, 0.2) is 66.4 Å². The summed E-state index contributed by atoms with van der Waals surface area (Å²) in [6.45, 7) is 23.5. The summed E-state index contributed by atoms with van der Waals surface area (Å²) in [7, 11) is -2.11. The van der Waals surface area contributed by atoms with Gasteiger partial charge < -0.3 is 0 Å². The van der Waals surface area contributed by atoms with Gasteiger partial charge in [-0.25, -0.2) is 0 Å². The second-order valence-electron chi connectivity index (χ2n) is 10.7. The van der Waals surface area contributed by atoms with E-state index in [1.54, 1.807) is 11.1 Å². The van der Waals surface area contributed by atoms with Crippen LogP contribution in [0.2, 0.25) is 51.4 Å². The maximum Gasteiger partial charge on any atom is -0.147 e. The van der Waals surface area contributed by atoms with Crippen LogP contribution in [0.3, 0.4) is 0 Å². The average molecular weight is 634 g/mol. The first-order valence-electron chi connectivity index (χ1n) is 10.3. The molecule has 0 amide bonds. The van der Waals surface area contributed by atoms with E-state index in [4.69, 9.17) is 0 Å². The van der Waals surface area contributed by atoms with Gasteiger partial charge >= 0.3 is 183 Å². The summed E-state index contributed by atoms with van der Waals surface area (Å²) in [6.07, 6.45) is 14.3. The first-order chi connectivity index (χ1) is 12.4. The van der Waals surface area contributed by atoms with Crippen molar-refractivity contribution in [2.45, 2.75) is 77.1 Å². The fourth-order valence-electron chi connectivity index (χ4n) is 4.04. The molecule has 0 saturated heterocycles. The Hall–Kier alpha value is 0.324. The zero-order valence-corrected chi connectivity index (χ0v) is 26.5. The van der Waals surface area contributed by atoms with E-state index < -0.39 is 39.1 Å². The third kappa shape index (κ3) is 11.0. The number of rotatable bonds is 10. The zero-order valence-electron chi connectivity index (χ0n) is 19.3. The van der Waals surface area contributed by atoms with Crippen molar-refractivity contribution in [2.75, 3.05) is 0 Å². The van der Waals surface area contributed by atoms with Gasteiger partial charge in [0.25, 0.3) is 0 Å². The number of halogens is 2. The third-order valence-electron chi connectivity index (χ3n) is 4.80. The van der Waals surface area contributed by atoms with E-state index in [1.807, 2.05) is 6.66 Å². The Bertz CT molecular complexity index is 667. The molecule has 29 heavy (non-hydrogen) atoms. The fraction of sp³-hybridized carbons (Fsp3) is 0.500. The molecular formula is C24H40Cl2HfSi2. The molecule has 0 unspecified atom stereocenters. The molecule has 2 rings (SSSR count). The Morgan fingerprint density at radius 1 is 0.759 bits per heavy atom. The number of hydrogen-bond donors (Lipinski definition) is 0. The van der Waals surface area contributed by atoms with Crippen LogP contribution in [0.4, 0.5) is 0 Å². The normalized spacial score (nSPS) is 16.1. The molecule has 0 spiro atoms. The van der Waals surface area contributed by atoms with Crippen molar-refractivity contribution in [3.05, 3.63) is 66.4 Å². The van der Waals surface area contributed by atoms with E-state index >= 15 is 0 Å². The molecule has 0 aromatic rings. The van der Waals surface area contributed by atoms with Gasteiger partial charge in [-0.3, -0.25) is 0 Å². The Morgan fingerprint density at radius 3 is 1.41 bits per heavy atom. The van der Waals surface area contributed by atoms with Gasteiger partial charge in [-0.1, -0.05) is 0 Å². The molecule has 0 nitrogen and oxygen atoms in total. The van der Waals surface area contributed by atoms with Gasteiger partial charge in [0.2, 0.25) is 0 Å². The molecule has 0 radical (unpaired) electrons. The van der Waals surface area contributed by atoms with Gasteiger partial charge in [0.1, 0.15) is 0 Å². The minimum atomic E-state index is -1.06. The summed E-state index contributed by atoms with van der Waals surface area (Å²) in [5, 5.41) is 0. The summed E-state index contributed by atoms with van der Waals surface area (Å²) in [5.74, 6) is 0. The monoisotopic (exact) mass is 634 g/mol. The van der Waals surface area contributed by atoms with Crippen LogP contribution in [0.25, 0.3) is 0 Å². The second-order valence-corrected chi connectivity index (χ2v) is 26.9. The van der Waals surface area contributed by atoms with Crippen molar-refractivity contribution < 1.29 is 22.9 Å². The van der Waals surface area contributed by atoms with Crippen molar-refractivity contribution in [1.29, 1.82) is 0 Å². The van der Waals surface area contributed by atoms with Gasteiger partial charge in [-0.15, -0.1) is 24.8 Å². The Morgan fingerprint density at radius 2 is 1.10 bits per heavy atom. The molecule has 0 atom stereocenters. The molecule has 5 heteroatoms. The molecule has 0 N–H and O–H groups in total. The van der Waals surface area contributed by atoms with Gasteiger partial charge in [0.15, 0.2) is 0 Å². The summed E-state index contributed by atoms with van der Waals surface area (Å²) in [4.78, 5) is 0. The Balaban J connectivity index is 0.00000392. The standard InChI is InChI=1S/2C12H19Si.2ClH.Hf/c2*1-11(10-13(2,3)4)9-12-7-5-6-8-12;;;/h2*5,7H,1,6,9-10H2,2-4H3;2*1H;. The summed E-state index contributed by atoms with van der Waals surface area (Å²) < 4.78 is 3.64. The SMILES string of the molecule is C=C(CC1=[C]([Hf][C]2=C(CC(=C)C[Si](C)(C)C)C=CC2)CC=C1)C[Si](C)(C)C.Cl.Cl. The van der Waals surface area contributed by atoms with Crippen molar-refractivity contribution in [3.8, 4) is 0 Å². The van der Waals surface area contributed by atoms with E-state index in [-0.39, 0.29) is 24.8 Å². The molecule has 162 valence electrons. The van der Waals surface area contributed by atoms with Crippen LogP contribution >= 0.6 is 24.8 Å². The fourth-order valence-corrected chi connectivity index (χ4v) is 12.6. The van der Waals surface area contributed by atoms with E-state index in [0.29, 0.717) is 0 Å². The largest absolute Gasteiger partial charge is 0.147 e. The van der Waals surface area contributed by atoms with Crippen molar-refractivity contribution in [2.24, 2.45) is 0 Å². The molecular weight excluding hydrogens is 594 g/mol. The number of hydrogen-bond acceptors (Lipinski definition) is 0. The Labute approximate surface area is 206 Å². The minimum absolute atomic E-state index is 0. The summed E-state index contributed by atoms with van der Waals surface area (Å²) in [6, 6.07) is 2.52. The quantitative estimate of drug-likeness (QED) is 0.166. The van der Waals surface area contributed by atoms with Crippen LogP contribution in [0, 0.1) is 0 Å². The summed E-state index contributed by atoms with van der Waals surface area (Å²) in [5.41, 5.74) is 6.17. The molecule has 2 aliphatic rings. The first-order valence-corrected chi connectivity index (χ1v) is 21.3. The molecule has 0 aromatic heterocycles. The van der Waals surface area contributed by atoms with E-state index in [0.717, 1.165) is 12.8 Å². The van der Waals surface area contributed by atoms with Crippen molar-refractivity contribution in [3.63, 3.8) is 0 Å². The molecule has 0 fully saturated rings. The second kappa shape index (κ2) is 12.4. The first kappa shape index (κ1) is 29.3. The van der Waals surface area contributed by atoms with E-state index in [1.165, 1.54) is 36.1 Å². The molecule has 0 aromatic carbocycles. The van der Waals surface area contributed by atoms with E-state index in [2.05, 4.69) is 76.7 Å². The van der Waals surface area contributed by atoms with Crippen LogP contribution in [0.1, 0.15) is 25.7 Å². The molecule has 2 aliphatic carbocycles. The number of allylic oxidation sites excluding steroid dienone is 10. The predicted molar refractivity (Wildman–Crippen MR) is 140 cm³/mol. The maximum atomic E-state index is 4.41. The molecule has 0 saturated carbocycles. The van der Waals surface area contributed by atoms with Crippen LogP contribution in [-0.2, 0) is 22.9 Å². The van der Waals surface area contributed by atoms with Crippen LogP contribution < -0.4 is 0 Å².